The fourth-order valence-electron chi connectivity index (χ4n) is 9.19. The van der Waals surface area contributed by atoms with Crippen LogP contribution in [-0.2, 0) is 38.1 Å². The minimum Gasteiger partial charge on any atom is -0.469 e. The molecular formula is C54H87N3O18. The van der Waals surface area contributed by atoms with Crippen LogP contribution in [0.25, 0.3) is 0 Å². The molecule has 21 nitrogen and oxygen atoms in total. The molecule has 21 heteroatoms. The van der Waals surface area contributed by atoms with E-state index in [2.05, 4.69) is 5.32 Å². The summed E-state index contributed by atoms with van der Waals surface area (Å²) < 4.78 is 28.8. The number of nitrogens with two attached hydrogens (primary N) is 2. The largest absolute Gasteiger partial charge is 0.469 e. The van der Waals surface area contributed by atoms with Gasteiger partial charge in [-0.3, -0.25) is 14.4 Å². The van der Waals surface area contributed by atoms with Crippen molar-refractivity contribution in [3.8, 4) is 0 Å². The first-order valence-electron chi connectivity index (χ1n) is 26.0. The van der Waals surface area contributed by atoms with Crippen LogP contribution in [-0.4, -0.2) is 186 Å². The molecule has 75 heavy (non-hydrogen) atoms. The third-order valence-corrected chi connectivity index (χ3v) is 13.7. The summed E-state index contributed by atoms with van der Waals surface area (Å²) in [5.41, 5.74) is 11.7. The molecule has 3 heterocycles. The quantitative estimate of drug-likeness (QED) is 0.139. The lowest BCUT2D eigenvalue weighted by atomic mass is 9.82. The molecule has 0 saturated carbocycles. The molecule has 3 aliphatic heterocycles. The third kappa shape index (κ3) is 22.9. The number of ether oxygens (including phenoxy) is 5. The maximum atomic E-state index is 13.3. The van der Waals surface area contributed by atoms with Crippen LogP contribution in [0.15, 0.2) is 85.1 Å². The number of carbonyl (C=O) groups excluding carboxylic acids is 3. The molecule has 0 unspecified atom stereocenters. The zero-order valence-electron chi connectivity index (χ0n) is 43.9. The molecule has 0 aromatic rings. The lowest BCUT2D eigenvalue weighted by Gasteiger charge is -2.46. The second-order valence-electron chi connectivity index (χ2n) is 20.2. The SMILES string of the molecule is COC(=O)[C@H]1[C@@H]2C[C@@H](O[C@@H]3O[C@H](C)[C@@H](O)[C@H](NC(=O)C[C@H](N)CCCN)[C@@H]3O)C=CC=CC=CC=CC=CC=CC=C[C@H](C)[C@@H](O)[C@@H](C)[C@H](C)OC(=O)C[C@H](O)C[C@H](O)CC[C@@H](O)[C@H](O)C[C@H](O)C[C@](O)(C[C@@H]1O)O2. The number of methoxy groups -OCH3 is 1. The molecule has 0 aromatic heterocycles. The maximum Gasteiger partial charge on any atom is 0.313 e. The monoisotopic (exact) mass is 1070 g/mol. The Morgan fingerprint density at radius 3 is 1.93 bits per heavy atom. The Labute approximate surface area is 440 Å². The Hall–Kier alpha value is -4.01. The average Bonchev–Trinajstić information content (AvgIpc) is 3.33. The zero-order valence-corrected chi connectivity index (χ0v) is 43.9. The van der Waals surface area contributed by atoms with Gasteiger partial charge in [0.2, 0.25) is 5.91 Å². The van der Waals surface area contributed by atoms with Crippen LogP contribution in [0, 0.1) is 17.8 Å². The molecule has 0 radical (unpaired) electrons. The minimum absolute atomic E-state index is 0.110. The first kappa shape index (κ1) is 65.3. The van der Waals surface area contributed by atoms with Crippen molar-refractivity contribution in [2.45, 2.75) is 202 Å². The molecule has 2 bridgehead atoms. The van der Waals surface area contributed by atoms with Gasteiger partial charge in [0.1, 0.15) is 24.2 Å². The number of esters is 2. The molecule has 426 valence electrons. The smallest absolute Gasteiger partial charge is 0.313 e. The number of aliphatic hydroxyl groups excluding tert-OH is 9. The van der Waals surface area contributed by atoms with Crippen LogP contribution in [0.1, 0.15) is 98.3 Å². The number of nitrogens with one attached hydrogen (secondary N) is 1. The van der Waals surface area contributed by atoms with E-state index < -0.39 is 159 Å². The fourth-order valence-corrected chi connectivity index (χ4v) is 9.19. The van der Waals surface area contributed by atoms with Crippen molar-refractivity contribution in [1.29, 1.82) is 0 Å². The van der Waals surface area contributed by atoms with Crippen molar-refractivity contribution < 1.29 is 89.1 Å². The summed E-state index contributed by atoms with van der Waals surface area (Å²) in [5.74, 6) is -6.67. The third-order valence-electron chi connectivity index (χ3n) is 13.7. The summed E-state index contributed by atoms with van der Waals surface area (Å²) in [6.07, 6.45) is 3.94. The second kappa shape index (κ2) is 33.3. The molecule has 0 spiro atoms. The van der Waals surface area contributed by atoms with Crippen LogP contribution < -0.4 is 16.8 Å². The number of hydrogen-bond donors (Lipinski definition) is 13. The Kier molecular flexibility index (Phi) is 29.0. The van der Waals surface area contributed by atoms with Gasteiger partial charge < -0.3 is 91.5 Å². The summed E-state index contributed by atoms with van der Waals surface area (Å²) in [5, 5.41) is 113. The number of carbonyl (C=O) groups is 3. The molecule has 3 rings (SSSR count). The van der Waals surface area contributed by atoms with Gasteiger partial charge >= 0.3 is 11.9 Å². The highest BCUT2D eigenvalue weighted by Crippen LogP contribution is 2.38. The van der Waals surface area contributed by atoms with E-state index in [1.807, 2.05) is 19.1 Å². The van der Waals surface area contributed by atoms with Crippen molar-refractivity contribution in [3.63, 3.8) is 0 Å². The van der Waals surface area contributed by atoms with Crippen molar-refractivity contribution in [1.82, 2.24) is 5.32 Å². The van der Waals surface area contributed by atoms with E-state index in [-0.39, 0.29) is 38.0 Å². The van der Waals surface area contributed by atoms with Crippen LogP contribution >= 0.6 is 0 Å². The van der Waals surface area contributed by atoms with Crippen LogP contribution in [0.2, 0.25) is 0 Å². The number of allylic oxidation sites excluding steroid dienone is 12. The van der Waals surface area contributed by atoms with E-state index in [9.17, 15) is 65.4 Å². The molecule has 0 aromatic carbocycles. The Morgan fingerprint density at radius 2 is 1.33 bits per heavy atom. The van der Waals surface area contributed by atoms with E-state index in [0.29, 0.717) is 19.4 Å². The normalized spacial score (nSPS) is 38.3. The molecule has 1 amide bonds. The number of fused-ring (bicyclic) bond motifs is 2. The van der Waals surface area contributed by atoms with Crippen molar-refractivity contribution >= 4 is 17.8 Å². The minimum atomic E-state index is -2.33. The van der Waals surface area contributed by atoms with E-state index in [0.717, 1.165) is 7.11 Å². The van der Waals surface area contributed by atoms with Crippen LogP contribution in [0.4, 0.5) is 0 Å². The number of cyclic esters (lactones) is 1. The van der Waals surface area contributed by atoms with Gasteiger partial charge in [-0.2, -0.15) is 0 Å². The first-order chi connectivity index (χ1) is 35.5. The molecule has 0 aliphatic carbocycles. The Balaban J connectivity index is 1.94. The van der Waals surface area contributed by atoms with Crippen molar-refractivity contribution in [2.24, 2.45) is 29.2 Å². The van der Waals surface area contributed by atoms with E-state index in [1.54, 1.807) is 80.7 Å². The lowest BCUT2D eigenvalue weighted by Crippen LogP contribution is -2.64. The van der Waals surface area contributed by atoms with E-state index in [1.165, 1.54) is 13.0 Å². The fraction of sp³-hybridized carbons (Fsp3) is 0.685. The predicted octanol–water partition coefficient (Wildman–Crippen LogP) is 0.414. The molecule has 15 N–H and O–H groups in total. The number of hydrogen-bond acceptors (Lipinski definition) is 20. The Morgan fingerprint density at radius 1 is 0.733 bits per heavy atom. The van der Waals surface area contributed by atoms with Gasteiger partial charge in [0.25, 0.3) is 0 Å². The van der Waals surface area contributed by atoms with Crippen molar-refractivity contribution in [3.05, 3.63) is 85.1 Å². The highest BCUT2D eigenvalue weighted by Gasteiger charge is 2.51. The summed E-state index contributed by atoms with van der Waals surface area (Å²) >= 11 is 0. The van der Waals surface area contributed by atoms with Gasteiger partial charge in [-0.25, -0.2) is 0 Å². The zero-order chi connectivity index (χ0) is 55.8. The molecule has 3 aliphatic rings. The topological polar surface area (TPSA) is 364 Å². The lowest BCUT2D eigenvalue weighted by molar-refractivity contribution is -0.309. The standard InChI is InChI=1S/C54H87N3O18/c1-32-19-16-14-12-10-8-6-7-9-11-13-15-17-21-40(74-53-51(68)48(50(67)35(4)73-53)57-45(64)25-36(56)20-18-24-55)29-44-47(52(69)71-5)43(63)31-54(70,75-44)30-39(60)27-42(62)41(61)23-22-37(58)26-38(59)28-46(65)72-34(3)33(2)49(32)66/h6-17,19,21,32-44,47-51,53,58-63,66-68,70H,18,20,22-31,55-56H2,1-5H3,(H,57,64)/t32-,33-,34-,35+,36+,37+,38+,39-,40-,41+,42+,43-,44-,47+,48-,49+,50+,51-,53-,54+/m0/s1. The summed E-state index contributed by atoms with van der Waals surface area (Å²) in [6, 6.07) is -1.80. The van der Waals surface area contributed by atoms with Gasteiger partial charge in [-0.1, -0.05) is 98.9 Å². The summed E-state index contributed by atoms with van der Waals surface area (Å²) in [7, 11) is 1.10. The number of amides is 1. The molecular weight excluding hydrogens is 979 g/mol. The van der Waals surface area contributed by atoms with Gasteiger partial charge in [0, 0.05) is 50.0 Å². The van der Waals surface area contributed by atoms with Gasteiger partial charge in [0.15, 0.2) is 12.1 Å². The van der Waals surface area contributed by atoms with Gasteiger partial charge in [-0.05, 0) is 52.5 Å². The average molecular weight is 1070 g/mol. The van der Waals surface area contributed by atoms with Crippen molar-refractivity contribution in [2.75, 3.05) is 13.7 Å². The maximum absolute atomic E-state index is 13.3. The Bertz CT molecular complexity index is 1930. The predicted molar refractivity (Wildman–Crippen MR) is 276 cm³/mol. The molecule has 2 saturated heterocycles. The highest BCUT2D eigenvalue weighted by atomic mass is 16.7. The van der Waals surface area contributed by atoms with Gasteiger partial charge in [-0.15, -0.1) is 0 Å². The summed E-state index contributed by atoms with van der Waals surface area (Å²) in [6.45, 7) is 7.11. The van der Waals surface area contributed by atoms with E-state index >= 15 is 0 Å². The second-order valence-corrected chi connectivity index (χ2v) is 20.2. The summed E-state index contributed by atoms with van der Waals surface area (Å²) in [4.78, 5) is 39.0. The van der Waals surface area contributed by atoms with Crippen LogP contribution in [0.5, 0.6) is 0 Å². The van der Waals surface area contributed by atoms with E-state index in [4.69, 9.17) is 35.2 Å². The highest BCUT2D eigenvalue weighted by molar-refractivity contribution is 5.77. The number of rotatable bonds is 9. The van der Waals surface area contributed by atoms with Gasteiger partial charge in [0.05, 0.1) is 80.6 Å². The number of aliphatic hydroxyl groups is 10. The molecule has 20 atom stereocenters. The molecule has 2 fully saturated rings. The first-order valence-corrected chi connectivity index (χ1v) is 26.0. The van der Waals surface area contributed by atoms with Crippen LogP contribution in [0.3, 0.4) is 0 Å².